The third kappa shape index (κ3) is 1.55. The van der Waals surface area contributed by atoms with Crippen LogP contribution in [0.2, 0.25) is 0 Å². The second kappa shape index (κ2) is 3.66. The Morgan fingerprint density at radius 2 is 2.27 bits per heavy atom. The molecule has 2 rings (SSSR count). The molecule has 1 aromatic rings. The maximum Gasteiger partial charge on any atom is 0.266 e. The van der Waals surface area contributed by atoms with Crippen molar-refractivity contribution >= 4 is 11.6 Å². The molecule has 0 saturated carbocycles. The number of terminal acetylenes is 1. The van der Waals surface area contributed by atoms with Crippen molar-refractivity contribution in [2.75, 3.05) is 11.5 Å². The lowest BCUT2D eigenvalue weighted by atomic mass is 10.2. The van der Waals surface area contributed by atoms with E-state index in [1.54, 1.807) is 4.90 Å². The van der Waals surface area contributed by atoms with Gasteiger partial charge in [0.25, 0.3) is 5.91 Å². The molecule has 1 heterocycles. The molecule has 15 heavy (non-hydrogen) atoms. The Labute approximate surface area is 88.6 Å². The first-order valence-corrected chi connectivity index (χ1v) is 4.74. The molecule has 0 saturated heterocycles. The second-order valence-electron chi connectivity index (χ2n) is 3.36. The Kier molecular flexibility index (Phi) is 2.34. The number of ether oxygens (including phenoxy) is 1. The van der Waals surface area contributed by atoms with Crippen LogP contribution in [0.3, 0.4) is 0 Å². The molecule has 1 aromatic carbocycles. The monoisotopic (exact) mass is 201 g/mol. The van der Waals surface area contributed by atoms with Gasteiger partial charge in [-0.2, -0.15) is 0 Å². The van der Waals surface area contributed by atoms with Crippen molar-refractivity contribution in [3.8, 4) is 18.1 Å². The van der Waals surface area contributed by atoms with Crippen molar-refractivity contribution in [1.82, 2.24) is 0 Å². The van der Waals surface area contributed by atoms with Gasteiger partial charge in [-0.1, -0.05) is 18.1 Å². The lowest BCUT2D eigenvalue weighted by Gasteiger charge is -2.31. The minimum atomic E-state index is -0.248. The van der Waals surface area contributed by atoms with Gasteiger partial charge in [-0.25, -0.2) is 0 Å². The summed E-state index contributed by atoms with van der Waals surface area (Å²) in [6.45, 7) is 1.88. The highest BCUT2D eigenvalue weighted by atomic mass is 16.5. The lowest BCUT2D eigenvalue weighted by molar-refractivity contribution is -0.121. The number of carbonyl (C=O) groups excluding carboxylic acids is 1. The van der Waals surface area contributed by atoms with Gasteiger partial charge < -0.3 is 4.74 Å². The van der Waals surface area contributed by atoms with Gasteiger partial charge in [0, 0.05) is 0 Å². The van der Waals surface area contributed by atoms with Crippen LogP contribution >= 0.6 is 0 Å². The fraction of sp³-hybridized carbons (Fsp3) is 0.250. The van der Waals surface area contributed by atoms with Crippen LogP contribution in [0.25, 0.3) is 0 Å². The summed E-state index contributed by atoms with van der Waals surface area (Å²) in [5.74, 6) is 3.17. The fourth-order valence-corrected chi connectivity index (χ4v) is 1.62. The average molecular weight is 201 g/mol. The summed E-state index contributed by atoms with van der Waals surface area (Å²) in [6.07, 6.45) is 5.34. The molecule has 1 amide bonds. The first kappa shape index (κ1) is 9.60. The molecule has 0 bridgehead atoms. The number of nitrogens with zero attached hydrogens (tertiary/aromatic N) is 1. The maximum atomic E-state index is 11.7. The molecule has 0 N–H and O–H groups in total. The number of carbonyl (C=O) groups is 1. The molecule has 1 unspecified atom stereocenters. The van der Waals surface area contributed by atoms with E-state index in [1.807, 2.05) is 31.2 Å². The van der Waals surface area contributed by atoms with E-state index in [9.17, 15) is 4.79 Å². The Morgan fingerprint density at radius 3 is 3.00 bits per heavy atom. The third-order valence-electron chi connectivity index (χ3n) is 2.37. The number of anilines is 1. The van der Waals surface area contributed by atoms with Gasteiger partial charge in [0.05, 0.1) is 11.7 Å². The van der Waals surface area contributed by atoms with Crippen molar-refractivity contribution in [3.05, 3.63) is 24.3 Å². The molecule has 1 atom stereocenters. The SMILES string of the molecule is C#CC(C)N1C(=O)COc2ccccc21. The molecule has 0 fully saturated rings. The quantitative estimate of drug-likeness (QED) is 0.643. The molecular formula is C12H11NO2. The zero-order chi connectivity index (χ0) is 10.8. The highest BCUT2D eigenvalue weighted by Gasteiger charge is 2.27. The predicted molar refractivity (Wildman–Crippen MR) is 57.7 cm³/mol. The Morgan fingerprint density at radius 1 is 1.53 bits per heavy atom. The van der Waals surface area contributed by atoms with Crippen LogP contribution in [-0.2, 0) is 4.79 Å². The number of rotatable bonds is 1. The lowest BCUT2D eigenvalue weighted by Crippen LogP contribution is -2.43. The van der Waals surface area contributed by atoms with Crippen molar-refractivity contribution in [2.24, 2.45) is 0 Å². The number of hydrogen-bond acceptors (Lipinski definition) is 2. The van der Waals surface area contributed by atoms with E-state index in [-0.39, 0.29) is 18.6 Å². The molecule has 1 aliphatic rings. The van der Waals surface area contributed by atoms with Gasteiger partial charge >= 0.3 is 0 Å². The zero-order valence-electron chi connectivity index (χ0n) is 8.43. The zero-order valence-corrected chi connectivity index (χ0v) is 8.43. The van der Waals surface area contributed by atoms with Gasteiger partial charge in [-0.05, 0) is 19.1 Å². The Hall–Kier alpha value is -1.95. The molecule has 0 aromatic heterocycles. The topological polar surface area (TPSA) is 29.5 Å². The molecule has 0 radical (unpaired) electrons. The highest BCUT2D eigenvalue weighted by Crippen LogP contribution is 2.32. The van der Waals surface area contributed by atoms with E-state index in [4.69, 9.17) is 11.2 Å². The summed E-state index contributed by atoms with van der Waals surface area (Å²) in [4.78, 5) is 13.3. The molecule has 0 aliphatic carbocycles. The van der Waals surface area contributed by atoms with E-state index < -0.39 is 0 Å². The number of hydrogen-bond donors (Lipinski definition) is 0. The van der Waals surface area contributed by atoms with Crippen molar-refractivity contribution in [1.29, 1.82) is 0 Å². The largest absolute Gasteiger partial charge is 0.482 e. The smallest absolute Gasteiger partial charge is 0.266 e. The number of amides is 1. The Balaban J connectivity index is 2.47. The highest BCUT2D eigenvalue weighted by molar-refractivity contribution is 5.98. The summed E-state index contributed by atoms with van der Waals surface area (Å²) in [6, 6.07) is 7.14. The molecular weight excluding hydrogens is 190 g/mol. The maximum absolute atomic E-state index is 11.7. The molecule has 3 nitrogen and oxygen atoms in total. The number of para-hydroxylation sites is 2. The van der Waals surface area contributed by atoms with Crippen molar-refractivity contribution in [3.63, 3.8) is 0 Å². The van der Waals surface area contributed by atoms with Crippen LogP contribution in [0.1, 0.15) is 6.92 Å². The third-order valence-corrected chi connectivity index (χ3v) is 2.37. The van der Waals surface area contributed by atoms with Gasteiger partial charge in [0.15, 0.2) is 6.61 Å². The van der Waals surface area contributed by atoms with Crippen LogP contribution in [0.4, 0.5) is 5.69 Å². The minimum Gasteiger partial charge on any atom is -0.482 e. The average Bonchev–Trinajstić information content (AvgIpc) is 2.28. The predicted octanol–water partition coefficient (Wildman–Crippen LogP) is 1.43. The molecule has 1 aliphatic heterocycles. The summed E-state index contributed by atoms with van der Waals surface area (Å²) in [5, 5.41) is 0. The summed E-state index contributed by atoms with van der Waals surface area (Å²) in [5.41, 5.74) is 0.749. The van der Waals surface area contributed by atoms with Gasteiger partial charge in [-0.15, -0.1) is 6.42 Å². The molecule has 0 spiro atoms. The van der Waals surface area contributed by atoms with Crippen LogP contribution < -0.4 is 9.64 Å². The fourth-order valence-electron chi connectivity index (χ4n) is 1.62. The van der Waals surface area contributed by atoms with Crippen molar-refractivity contribution < 1.29 is 9.53 Å². The van der Waals surface area contributed by atoms with E-state index in [2.05, 4.69) is 5.92 Å². The van der Waals surface area contributed by atoms with Crippen LogP contribution in [0.5, 0.6) is 5.75 Å². The first-order chi connectivity index (χ1) is 7.24. The number of benzene rings is 1. The van der Waals surface area contributed by atoms with E-state index >= 15 is 0 Å². The normalized spacial score (nSPS) is 16.3. The van der Waals surface area contributed by atoms with E-state index in [0.29, 0.717) is 5.75 Å². The van der Waals surface area contributed by atoms with Crippen LogP contribution in [0, 0.1) is 12.3 Å². The van der Waals surface area contributed by atoms with E-state index in [0.717, 1.165) is 5.69 Å². The first-order valence-electron chi connectivity index (χ1n) is 4.74. The van der Waals surface area contributed by atoms with Crippen LogP contribution in [0.15, 0.2) is 24.3 Å². The molecule has 3 heteroatoms. The summed E-state index contributed by atoms with van der Waals surface area (Å²) >= 11 is 0. The molecule has 76 valence electrons. The minimum absolute atomic E-state index is 0.0586. The number of fused-ring (bicyclic) bond motifs is 1. The van der Waals surface area contributed by atoms with E-state index in [1.165, 1.54) is 0 Å². The van der Waals surface area contributed by atoms with Gasteiger partial charge in [0.2, 0.25) is 0 Å². The summed E-state index contributed by atoms with van der Waals surface area (Å²) in [7, 11) is 0. The van der Waals surface area contributed by atoms with Crippen LogP contribution in [-0.4, -0.2) is 18.6 Å². The van der Waals surface area contributed by atoms with Gasteiger partial charge in [-0.3, -0.25) is 9.69 Å². The standard InChI is InChI=1S/C12H11NO2/c1-3-9(2)13-10-6-4-5-7-11(10)15-8-12(13)14/h1,4-7,9H,8H2,2H3. The second-order valence-corrected chi connectivity index (χ2v) is 3.36. The van der Waals surface area contributed by atoms with Crippen molar-refractivity contribution in [2.45, 2.75) is 13.0 Å². The Bertz CT molecular complexity index is 433. The van der Waals surface area contributed by atoms with Gasteiger partial charge in [0.1, 0.15) is 5.75 Å². The summed E-state index contributed by atoms with van der Waals surface area (Å²) < 4.78 is 5.30.